The minimum atomic E-state index is -3.01. The van der Waals surface area contributed by atoms with Gasteiger partial charge >= 0.3 is 0 Å². The normalized spacial score (nSPS) is 12.6. The second-order valence-electron chi connectivity index (χ2n) is 8.26. The van der Waals surface area contributed by atoms with Crippen LogP contribution in [0.4, 0.5) is 20.2 Å². The first-order chi connectivity index (χ1) is 17.2. The molecule has 1 atom stereocenters. The van der Waals surface area contributed by atoms with Gasteiger partial charge in [0.05, 0.1) is 18.5 Å². The number of carbonyl (C=O) groups is 2. The zero-order valence-corrected chi connectivity index (χ0v) is 20.7. The number of nitrogens with zero attached hydrogens (tertiary/aromatic N) is 2. The third kappa shape index (κ3) is 6.13. The first-order valence-corrected chi connectivity index (χ1v) is 11.5. The Kier molecular flexibility index (Phi) is 8.53. The van der Waals surface area contributed by atoms with Crippen molar-refractivity contribution in [3.8, 4) is 16.9 Å². The van der Waals surface area contributed by atoms with Crippen LogP contribution in [0.2, 0.25) is 0 Å². The van der Waals surface area contributed by atoms with Crippen molar-refractivity contribution in [2.24, 2.45) is 11.0 Å². The van der Waals surface area contributed by atoms with Crippen LogP contribution in [0.25, 0.3) is 11.1 Å². The summed E-state index contributed by atoms with van der Waals surface area (Å²) in [5.41, 5.74) is 2.77. The molecule has 0 radical (unpaired) electrons. The Hall–Kier alpha value is -4.07. The van der Waals surface area contributed by atoms with E-state index in [1.54, 1.807) is 26.1 Å². The zero-order chi connectivity index (χ0) is 26.3. The highest BCUT2D eigenvalue weighted by molar-refractivity contribution is 6.17. The highest BCUT2D eigenvalue weighted by atomic mass is 19.3. The first kappa shape index (κ1) is 26.5. The van der Waals surface area contributed by atoms with Gasteiger partial charge in [0.1, 0.15) is 18.0 Å². The van der Waals surface area contributed by atoms with Crippen molar-refractivity contribution >= 4 is 29.3 Å². The summed E-state index contributed by atoms with van der Waals surface area (Å²) in [5.74, 6) is -4.17. The quantitative estimate of drug-likeness (QED) is 0.160. The number of aldehydes is 1. The van der Waals surface area contributed by atoms with Crippen molar-refractivity contribution in [3.63, 3.8) is 0 Å². The summed E-state index contributed by atoms with van der Waals surface area (Å²) in [5, 5.41) is 8.55. The van der Waals surface area contributed by atoms with Crippen LogP contribution in [0.1, 0.15) is 25.8 Å². The molecule has 6 nitrogen and oxygen atoms in total. The molecular weight excluding hydrogens is 464 g/mol. The van der Waals surface area contributed by atoms with Gasteiger partial charge in [-0.15, -0.1) is 0 Å². The van der Waals surface area contributed by atoms with Crippen LogP contribution in [0.5, 0.6) is 5.75 Å². The Labute approximate surface area is 209 Å². The molecule has 0 aliphatic carbocycles. The smallest absolute Gasteiger partial charge is 0.273 e. The number of carbonyl (C=O) groups excluding carboxylic acids is 2. The molecule has 0 heterocycles. The molecule has 188 valence electrons. The Balaban J connectivity index is 1.82. The van der Waals surface area contributed by atoms with Crippen LogP contribution >= 0.6 is 0 Å². The summed E-state index contributed by atoms with van der Waals surface area (Å²) < 4.78 is 33.6. The Morgan fingerprint density at radius 2 is 1.83 bits per heavy atom. The van der Waals surface area contributed by atoms with Gasteiger partial charge in [0.2, 0.25) is 5.91 Å². The lowest BCUT2D eigenvalue weighted by Crippen LogP contribution is -2.31. The summed E-state index contributed by atoms with van der Waals surface area (Å²) in [6.45, 7) is 2.95. The highest BCUT2D eigenvalue weighted by Crippen LogP contribution is 2.34. The standard InChI is InChI=1S/C28H29F2N3O3/c1-5-28(29,30)21-12-9-13-22(16-21)31-27(35)25(18-34)19(2)32-33(3)23-14-15-26(36-4)24(17-23)20-10-7-6-8-11-20/h6-18,25H,5H2,1-4H3,(H,31,35)/b32-19-. The second kappa shape index (κ2) is 11.6. The number of halogens is 2. The zero-order valence-electron chi connectivity index (χ0n) is 20.7. The molecule has 36 heavy (non-hydrogen) atoms. The molecule has 8 heteroatoms. The van der Waals surface area contributed by atoms with E-state index >= 15 is 0 Å². The van der Waals surface area contributed by atoms with Crippen LogP contribution in [-0.2, 0) is 15.5 Å². The van der Waals surface area contributed by atoms with Crippen molar-refractivity contribution in [1.29, 1.82) is 0 Å². The van der Waals surface area contributed by atoms with E-state index in [0.717, 1.165) is 11.1 Å². The van der Waals surface area contributed by atoms with E-state index < -0.39 is 17.7 Å². The third-order valence-electron chi connectivity index (χ3n) is 5.81. The van der Waals surface area contributed by atoms with Gasteiger partial charge in [0.25, 0.3) is 5.92 Å². The van der Waals surface area contributed by atoms with Crippen LogP contribution in [0.15, 0.2) is 77.9 Å². The molecule has 1 unspecified atom stereocenters. The maximum atomic E-state index is 14.0. The first-order valence-electron chi connectivity index (χ1n) is 11.5. The van der Waals surface area contributed by atoms with E-state index in [1.807, 2.05) is 48.5 Å². The van der Waals surface area contributed by atoms with Gasteiger partial charge in [0, 0.05) is 30.3 Å². The number of amides is 1. The molecular formula is C28H29F2N3O3. The van der Waals surface area contributed by atoms with E-state index in [-0.39, 0.29) is 23.4 Å². The van der Waals surface area contributed by atoms with Crippen molar-refractivity contribution in [3.05, 3.63) is 78.4 Å². The molecule has 1 N–H and O–H groups in total. The Morgan fingerprint density at radius 1 is 1.11 bits per heavy atom. The number of nitrogens with one attached hydrogen (secondary N) is 1. The number of anilines is 2. The van der Waals surface area contributed by atoms with Crippen molar-refractivity contribution in [2.75, 3.05) is 24.5 Å². The fraction of sp³-hybridized carbons (Fsp3) is 0.250. The van der Waals surface area contributed by atoms with Crippen LogP contribution < -0.4 is 15.1 Å². The van der Waals surface area contributed by atoms with Crippen LogP contribution in [0.3, 0.4) is 0 Å². The largest absolute Gasteiger partial charge is 0.496 e. The Morgan fingerprint density at radius 3 is 2.47 bits per heavy atom. The molecule has 3 aromatic rings. The summed E-state index contributed by atoms with van der Waals surface area (Å²) in [4.78, 5) is 24.6. The molecule has 0 aliphatic rings. The number of hydrogen-bond donors (Lipinski definition) is 1. The van der Waals surface area contributed by atoms with Gasteiger partial charge < -0.3 is 14.8 Å². The van der Waals surface area contributed by atoms with E-state index in [4.69, 9.17) is 4.74 Å². The fourth-order valence-corrected chi connectivity index (χ4v) is 3.70. The monoisotopic (exact) mass is 493 g/mol. The van der Waals surface area contributed by atoms with Crippen molar-refractivity contribution in [2.45, 2.75) is 26.2 Å². The molecule has 0 bridgehead atoms. The molecule has 0 spiro atoms. The molecule has 0 aromatic heterocycles. The number of benzene rings is 3. The average Bonchev–Trinajstić information content (AvgIpc) is 2.89. The summed E-state index contributed by atoms with van der Waals surface area (Å²) in [7, 11) is 3.30. The van der Waals surface area contributed by atoms with Gasteiger partial charge in [0.15, 0.2) is 0 Å². The van der Waals surface area contributed by atoms with Gasteiger partial charge in [-0.05, 0) is 42.8 Å². The van der Waals surface area contributed by atoms with Gasteiger partial charge in [-0.25, -0.2) is 8.78 Å². The molecule has 3 rings (SSSR count). The maximum Gasteiger partial charge on any atom is 0.273 e. The molecule has 0 aliphatic heterocycles. The number of hydrazone groups is 1. The molecule has 0 fully saturated rings. The molecule has 1 amide bonds. The van der Waals surface area contributed by atoms with Gasteiger partial charge in [-0.1, -0.05) is 49.4 Å². The number of alkyl halides is 2. The SMILES string of the molecule is CCC(F)(F)c1cccc(NC(=O)C(C=O)/C(C)=N\N(C)c2ccc(OC)c(-c3ccccc3)c2)c1. The van der Waals surface area contributed by atoms with E-state index in [0.29, 0.717) is 17.7 Å². The minimum absolute atomic E-state index is 0.182. The van der Waals surface area contributed by atoms with Crippen LogP contribution in [-0.4, -0.2) is 32.1 Å². The van der Waals surface area contributed by atoms with Crippen LogP contribution in [0, 0.1) is 5.92 Å². The summed E-state index contributed by atoms with van der Waals surface area (Å²) in [6.07, 6.45) is 0.118. The minimum Gasteiger partial charge on any atom is -0.496 e. The summed E-state index contributed by atoms with van der Waals surface area (Å²) >= 11 is 0. The lowest BCUT2D eigenvalue weighted by atomic mass is 10.0. The average molecular weight is 494 g/mol. The van der Waals surface area contributed by atoms with E-state index in [1.165, 1.54) is 31.2 Å². The lowest BCUT2D eigenvalue weighted by Gasteiger charge is -2.19. The molecule has 0 saturated carbocycles. The van der Waals surface area contributed by atoms with Crippen molar-refractivity contribution in [1.82, 2.24) is 0 Å². The van der Waals surface area contributed by atoms with Gasteiger partial charge in [-0.2, -0.15) is 5.10 Å². The highest BCUT2D eigenvalue weighted by Gasteiger charge is 2.29. The third-order valence-corrected chi connectivity index (χ3v) is 5.81. The Bertz CT molecular complexity index is 1250. The van der Waals surface area contributed by atoms with E-state index in [2.05, 4.69) is 10.4 Å². The number of rotatable bonds is 10. The van der Waals surface area contributed by atoms with Crippen molar-refractivity contribution < 1.29 is 23.1 Å². The topological polar surface area (TPSA) is 71.0 Å². The number of hydrogen-bond acceptors (Lipinski definition) is 5. The predicted molar refractivity (Wildman–Crippen MR) is 139 cm³/mol. The maximum absolute atomic E-state index is 14.0. The lowest BCUT2D eigenvalue weighted by molar-refractivity contribution is -0.122. The summed E-state index contributed by atoms with van der Waals surface area (Å²) in [6, 6.07) is 20.7. The fourth-order valence-electron chi connectivity index (χ4n) is 3.70. The second-order valence-corrected chi connectivity index (χ2v) is 8.26. The predicted octanol–water partition coefficient (Wildman–Crippen LogP) is 6.13. The van der Waals surface area contributed by atoms with E-state index in [9.17, 15) is 18.4 Å². The number of methoxy groups -OCH3 is 1. The molecule has 3 aromatic carbocycles. The number of ether oxygens (including phenoxy) is 1. The molecule has 0 saturated heterocycles. The van der Waals surface area contributed by atoms with Gasteiger partial charge in [-0.3, -0.25) is 9.80 Å².